The average Bonchev–Trinajstić information content (AvgIpc) is 2.50. The van der Waals surface area contributed by atoms with E-state index in [1.165, 1.54) is 7.11 Å². The molecule has 0 saturated heterocycles. The first-order valence-electron chi connectivity index (χ1n) is 3.81. The van der Waals surface area contributed by atoms with Gasteiger partial charge in [0.05, 0.1) is 18.3 Å². The second-order valence-corrected chi connectivity index (χ2v) is 4.86. The van der Waals surface area contributed by atoms with Gasteiger partial charge in [-0.15, -0.1) is 0 Å². The van der Waals surface area contributed by atoms with Crippen LogP contribution in [0.3, 0.4) is 0 Å². The highest BCUT2D eigenvalue weighted by molar-refractivity contribution is 8.08. The molecule has 1 fully saturated rings. The summed E-state index contributed by atoms with van der Waals surface area (Å²) >= 11 is 0. The van der Waals surface area contributed by atoms with Gasteiger partial charge < -0.3 is 4.74 Å². The SMILES string of the molecule is COC(=O)C1CCCC1S(=O)Cl. The molecule has 0 amide bonds. The van der Waals surface area contributed by atoms with Gasteiger partial charge in [0, 0.05) is 0 Å². The Morgan fingerprint density at radius 3 is 2.75 bits per heavy atom. The smallest absolute Gasteiger partial charge is 0.309 e. The minimum absolute atomic E-state index is 0.209. The number of methoxy groups -OCH3 is 1. The molecule has 5 heteroatoms. The molecular weight excluding hydrogens is 200 g/mol. The van der Waals surface area contributed by atoms with E-state index in [4.69, 9.17) is 10.7 Å². The first-order valence-corrected chi connectivity index (χ1v) is 5.85. The number of esters is 1. The van der Waals surface area contributed by atoms with Crippen LogP contribution in [-0.2, 0) is 19.5 Å². The van der Waals surface area contributed by atoms with Gasteiger partial charge in [-0.1, -0.05) is 6.42 Å². The van der Waals surface area contributed by atoms with Crippen LogP contribution in [0, 0.1) is 5.92 Å². The maximum Gasteiger partial charge on any atom is 0.309 e. The zero-order chi connectivity index (χ0) is 9.14. The van der Waals surface area contributed by atoms with Crippen LogP contribution in [0.2, 0.25) is 0 Å². The molecule has 3 atom stereocenters. The van der Waals surface area contributed by atoms with E-state index in [0.717, 1.165) is 19.3 Å². The van der Waals surface area contributed by atoms with Gasteiger partial charge in [-0.25, -0.2) is 4.21 Å². The van der Waals surface area contributed by atoms with Crippen molar-refractivity contribution >= 4 is 26.7 Å². The zero-order valence-electron chi connectivity index (χ0n) is 6.79. The van der Waals surface area contributed by atoms with Gasteiger partial charge in [0.1, 0.15) is 10.0 Å². The molecule has 1 aliphatic rings. The second-order valence-electron chi connectivity index (χ2n) is 2.85. The molecule has 1 saturated carbocycles. The molecule has 1 aliphatic carbocycles. The Morgan fingerprint density at radius 2 is 2.25 bits per heavy atom. The summed E-state index contributed by atoms with van der Waals surface area (Å²) in [5, 5.41) is -0.209. The van der Waals surface area contributed by atoms with Gasteiger partial charge in [-0.3, -0.25) is 4.79 Å². The molecule has 1 rings (SSSR count). The topological polar surface area (TPSA) is 43.4 Å². The number of carbonyl (C=O) groups is 1. The lowest BCUT2D eigenvalue weighted by molar-refractivity contribution is -0.144. The van der Waals surface area contributed by atoms with E-state index in [9.17, 15) is 9.00 Å². The third-order valence-corrected chi connectivity index (χ3v) is 3.92. The van der Waals surface area contributed by atoms with E-state index < -0.39 is 10.0 Å². The molecule has 70 valence electrons. The average molecular weight is 211 g/mol. The fraction of sp³-hybridized carbons (Fsp3) is 0.857. The first-order chi connectivity index (χ1) is 5.66. The molecule has 0 bridgehead atoms. The molecule has 0 aromatic rings. The molecule has 0 radical (unpaired) electrons. The molecule has 0 spiro atoms. The third kappa shape index (κ3) is 1.98. The Kier molecular flexibility index (Phi) is 3.53. The summed E-state index contributed by atoms with van der Waals surface area (Å²) in [5.74, 6) is -0.542. The number of hydrogen-bond donors (Lipinski definition) is 0. The minimum atomic E-state index is -1.42. The largest absolute Gasteiger partial charge is 0.469 e. The molecule has 0 heterocycles. The van der Waals surface area contributed by atoms with E-state index in [1.807, 2.05) is 0 Å². The predicted octanol–water partition coefficient (Wildman–Crippen LogP) is 1.23. The van der Waals surface area contributed by atoms with Gasteiger partial charge in [-0.05, 0) is 23.5 Å². The number of rotatable bonds is 2. The highest BCUT2D eigenvalue weighted by Gasteiger charge is 2.37. The highest BCUT2D eigenvalue weighted by atomic mass is 35.7. The van der Waals surface area contributed by atoms with Crippen molar-refractivity contribution in [2.45, 2.75) is 24.5 Å². The van der Waals surface area contributed by atoms with Gasteiger partial charge >= 0.3 is 5.97 Å². The third-order valence-electron chi connectivity index (χ3n) is 2.19. The quantitative estimate of drug-likeness (QED) is 0.509. The monoisotopic (exact) mass is 210 g/mol. The standard InChI is InChI=1S/C7H11ClO3S/c1-11-7(9)5-3-2-4-6(5)12(8)10/h5-6H,2-4H2,1H3. The number of carbonyl (C=O) groups excluding carboxylic acids is 1. The Bertz CT molecular complexity index is 207. The summed E-state index contributed by atoms with van der Waals surface area (Å²) < 4.78 is 15.5. The molecule has 0 aromatic carbocycles. The molecule has 3 nitrogen and oxygen atoms in total. The lowest BCUT2D eigenvalue weighted by Gasteiger charge is -2.12. The van der Waals surface area contributed by atoms with E-state index in [-0.39, 0.29) is 17.1 Å². The van der Waals surface area contributed by atoms with E-state index in [0.29, 0.717) is 0 Å². The van der Waals surface area contributed by atoms with Crippen molar-refractivity contribution in [3.05, 3.63) is 0 Å². The summed E-state index contributed by atoms with van der Waals surface area (Å²) in [5.41, 5.74) is 0. The lowest BCUT2D eigenvalue weighted by atomic mass is 10.1. The summed E-state index contributed by atoms with van der Waals surface area (Å²) in [7, 11) is 5.36. The molecule has 12 heavy (non-hydrogen) atoms. The van der Waals surface area contributed by atoms with Gasteiger partial charge in [-0.2, -0.15) is 0 Å². The number of halogens is 1. The van der Waals surface area contributed by atoms with Crippen molar-refractivity contribution in [2.75, 3.05) is 7.11 Å². The van der Waals surface area contributed by atoms with Crippen molar-refractivity contribution in [1.82, 2.24) is 0 Å². The maximum atomic E-state index is 11.1. The maximum absolute atomic E-state index is 11.1. The van der Waals surface area contributed by atoms with Crippen LogP contribution in [0.5, 0.6) is 0 Å². The normalized spacial score (nSPS) is 31.5. The summed E-state index contributed by atoms with van der Waals surface area (Å²) in [6.07, 6.45) is 2.41. The minimum Gasteiger partial charge on any atom is -0.469 e. The number of ether oxygens (including phenoxy) is 1. The van der Waals surface area contributed by atoms with Crippen molar-refractivity contribution in [1.29, 1.82) is 0 Å². The van der Waals surface area contributed by atoms with Crippen LogP contribution in [0.25, 0.3) is 0 Å². The Labute approximate surface area is 78.4 Å². The van der Waals surface area contributed by atoms with Crippen LogP contribution >= 0.6 is 10.7 Å². The molecular formula is C7H11ClO3S. The fourth-order valence-electron chi connectivity index (χ4n) is 1.57. The Hall–Kier alpha value is -0.0900. The van der Waals surface area contributed by atoms with Gasteiger partial charge in [0.2, 0.25) is 0 Å². The van der Waals surface area contributed by atoms with Gasteiger partial charge in [0.25, 0.3) is 0 Å². The van der Waals surface area contributed by atoms with Crippen LogP contribution in [0.15, 0.2) is 0 Å². The second kappa shape index (κ2) is 4.23. The lowest BCUT2D eigenvalue weighted by Crippen LogP contribution is -2.25. The summed E-state index contributed by atoms with van der Waals surface area (Å²) in [6, 6.07) is 0. The first kappa shape index (κ1) is 9.99. The molecule has 3 unspecified atom stereocenters. The molecule has 0 aromatic heterocycles. The van der Waals surface area contributed by atoms with Crippen molar-refractivity contribution in [3.63, 3.8) is 0 Å². The van der Waals surface area contributed by atoms with Crippen LogP contribution < -0.4 is 0 Å². The zero-order valence-corrected chi connectivity index (χ0v) is 8.36. The van der Waals surface area contributed by atoms with Gasteiger partial charge in [0.15, 0.2) is 0 Å². The summed E-state index contributed by atoms with van der Waals surface area (Å²) in [4.78, 5) is 11.1. The van der Waals surface area contributed by atoms with E-state index in [1.54, 1.807) is 0 Å². The Morgan fingerprint density at radius 1 is 1.58 bits per heavy atom. The predicted molar refractivity (Wildman–Crippen MR) is 47.1 cm³/mol. The van der Waals surface area contributed by atoms with E-state index >= 15 is 0 Å². The van der Waals surface area contributed by atoms with Crippen molar-refractivity contribution < 1.29 is 13.7 Å². The number of hydrogen-bond acceptors (Lipinski definition) is 3. The van der Waals surface area contributed by atoms with Crippen LogP contribution in [0.1, 0.15) is 19.3 Å². The summed E-state index contributed by atoms with van der Waals surface area (Å²) in [6.45, 7) is 0. The van der Waals surface area contributed by atoms with Crippen molar-refractivity contribution in [3.8, 4) is 0 Å². The molecule has 0 N–H and O–H groups in total. The van der Waals surface area contributed by atoms with Crippen LogP contribution in [-0.4, -0.2) is 22.5 Å². The highest BCUT2D eigenvalue weighted by Crippen LogP contribution is 2.31. The fourth-order valence-corrected chi connectivity index (χ4v) is 3.07. The van der Waals surface area contributed by atoms with Crippen molar-refractivity contribution in [2.24, 2.45) is 5.92 Å². The molecule has 0 aliphatic heterocycles. The van der Waals surface area contributed by atoms with Crippen LogP contribution in [0.4, 0.5) is 0 Å². The Balaban J connectivity index is 2.63. The van der Waals surface area contributed by atoms with E-state index in [2.05, 4.69) is 4.74 Å².